The van der Waals surface area contributed by atoms with E-state index in [-0.39, 0.29) is 12.7 Å². The number of rotatable bonds is 2. The average Bonchev–Trinajstić information content (AvgIpc) is 1.94. The zero-order valence-corrected chi connectivity index (χ0v) is 6.54. The molecular formula is C5H8O5S. The van der Waals surface area contributed by atoms with E-state index in [2.05, 4.69) is 20.0 Å². The summed E-state index contributed by atoms with van der Waals surface area (Å²) in [6, 6.07) is 0. The second-order valence-corrected chi connectivity index (χ2v) is 3.19. The number of hydrogen-bond acceptors (Lipinski definition) is 5. The van der Waals surface area contributed by atoms with Crippen molar-refractivity contribution in [2.24, 2.45) is 0 Å². The predicted molar refractivity (Wildman–Crippen MR) is 35.6 cm³/mol. The third-order valence-electron chi connectivity index (χ3n) is 1.09. The topological polar surface area (TPSA) is 61.8 Å². The summed E-state index contributed by atoms with van der Waals surface area (Å²) in [7, 11) is -3.89. The van der Waals surface area contributed by atoms with Crippen LogP contribution < -0.4 is 0 Å². The van der Waals surface area contributed by atoms with Gasteiger partial charge in [-0.05, 0) is 6.42 Å². The van der Waals surface area contributed by atoms with Crippen LogP contribution in [0.15, 0.2) is 12.7 Å². The Hall–Kier alpha value is -0.430. The van der Waals surface area contributed by atoms with Crippen LogP contribution in [0.4, 0.5) is 0 Å². The maximum Gasteiger partial charge on any atom is 0.426 e. The van der Waals surface area contributed by atoms with Crippen molar-refractivity contribution in [2.45, 2.75) is 12.5 Å². The van der Waals surface area contributed by atoms with E-state index < -0.39 is 10.4 Å². The van der Waals surface area contributed by atoms with Crippen molar-refractivity contribution in [3.63, 3.8) is 0 Å². The van der Waals surface area contributed by atoms with Gasteiger partial charge < -0.3 is 0 Å². The highest BCUT2D eigenvalue weighted by atomic mass is 32.3. The fourth-order valence-corrected chi connectivity index (χ4v) is 1.17. The maximum atomic E-state index is 10.4. The van der Waals surface area contributed by atoms with Gasteiger partial charge in [0, 0.05) is 0 Å². The van der Waals surface area contributed by atoms with Crippen LogP contribution in [0.3, 0.4) is 0 Å². The van der Waals surface area contributed by atoms with Crippen LogP contribution in [0.25, 0.3) is 0 Å². The van der Waals surface area contributed by atoms with Gasteiger partial charge in [0.15, 0.2) is 0 Å². The Morgan fingerprint density at radius 3 is 2.82 bits per heavy atom. The smallest absolute Gasteiger partial charge is 0.244 e. The Morgan fingerprint density at radius 1 is 1.64 bits per heavy atom. The molecule has 0 amide bonds. The molecule has 0 radical (unpaired) electrons. The minimum Gasteiger partial charge on any atom is -0.244 e. The summed E-state index contributed by atoms with van der Waals surface area (Å²) < 4.78 is 29.1. The molecule has 0 aromatic heterocycles. The van der Waals surface area contributed by atoms with Crippen LogP contribution in [-0.2, 0) is 23.8 Å². The first kappa shape index (κ1) is 8.66. The Balaban J connectivity index is 2.42. The summed E-state index contributed by atoms with van der Waals surface area (Å²) in [5.41, 5.74) is 0. The van der Waals surface area contributed by atoms with Gasteiger partial charge in [-0.25, -0.2) is 9.07 Å². The van der Waals surface area contributed by atoms with Gasteiger partial charge in [-0.2, -0.15) is 8.42 Å². The fourth-order valence-electron chi connectivity index (χ4n) is 0.604. The zero-order valence-electron chi connectivity index (χ0n) is 5.73. The first-order valence-electron chi connectivity index (χ1n) is 2.99. The highest BCUT2D eigenvalue weighted by molar-refractivity contribution is 7.81. The Bertz CT molecular complexity index is 217. The molecule has 1 saturated heterocycles. The highest BCUT2D eigenvalue weighted by Crippen LogP contribution is 2.12. The van der Waals surface area contributed by atoms with Crippen molar-refractivity contribution < 1.29 is 21.8 Å². The predicted octanol–water partition coefficient (Wildman–Crippen LogP) is 0.154. The second kappa shape index (κ2) is 3.31. The third kappa shape index (κ3) is 2.58. The molecule has 1 atom stereocenters. The average molecular weight is 180 g/mol. The first-order valence-corrected chi connectivity index (χ1v) is 4.32. The molecule has 11 heavy (non-hydrogen) atoms. The Kier molecular flexibility index (Phi) is 2.61. The maximum absolute atomic E-state index is 10.4. The molecule has 0 bridgehead atoms. The fraction of sp³-hybridized carbons (Fsp3) is 0.600. The summed E-state index contributed by atoms with van der Waals surface area (Å²) in [5.74, 6) is 0. The van der Waals surface area contributed by atoms with Crippen molar-refractivity contribution >= 4 is 10.4 Å². The molecule has 0 spiro atoms. The van der Waals surface area contributed by atoms with Gasteiger partial charge >= 0.3 is 10.4 Å². The van der Waals surface area contributed by atoms with E-state index in [9.17, 15) is 8.42 Å². The largest absolute Gasteiger partial charge is 0.426 e. The minimum absolute atomic E-state index is 0.0195. The van der Waals surface area contributed by atoms with Crippen molar-refractivity contribution in [3.8, 4) is 0 Å². The van der Waals surface area contributed by atoms with E-state index in [1.165, 1.54) is 0 Å². The quantitative estimate of drug-likeness (QED) is 0.447. The van der Waals surface area contributed by atoms with Crippen LogP contribution in [-0.4, -0.2) is 21.1 Å². The molecule has 0 N–H and O–H groups in total. The molecule has 0 aromatic rings. The molecule has 1 fully saturated rings. The lowest BCUT2D eigenvalue weighted by Gasteiger charge is -2.18. The SMILES string of the molecule is C=CCC1COS(=O)(=O)OO1. The van der Waals surface area contributed by atoms with Crippen LogP contribution in [0.5, 0.6) is 0 Å². The van der Waals surface area contributed by atoms with Crippen molar-refractivity contribution in [3.05, 3.63) is 12.7 Å². The van der Waals surface area contributed by atoms with Gasteiger partial charge in [-0.15, -0.1) is 6.58 Å². The van der Waals surface area contributed by atoms with Gasteiger partial charge in [-0.3, -0.25) is 0 Å². The van der Waals surface area contributed by atoms with E-state index in [1.807, 2.05) is 0 Å². The van der Waals surface area contributed by atoms with Gasteiger partial charge in [-0.1, -0.05) is 10.4 Å². The molecule has 1 rings (SSSR count). The molecule has 1 heterocycles. The van der Waals surface area contributed by atoms with E-state index in [0.717, 1.165) is 0 Å². The Labute approximate surface area is 64.8 Å². The van der Waals surface area contributed by atoms with Gasteiger partial charge in [0.2, 0.25) is 0 Å². The monoisotopic (exact) mass is 180 g/mol. The van der Waals surface area contributed by atoms with Crippen molar-refractivity contribution in [1.29, 1.82) is 0 Å². The highest BCUT2D eigenvalue weighted by Gasteiger charge is 2.25. The van der Waals surface area contributed by atoms with E-state index in [1.54, 1.807) is 6.08 Å². The molecule has 6 heteroatoms. The molecule has 5 nitrogen and oxygen atoms in total. The van der Waals surface area contributed by atoms with Gasteiger partial charge in [0.25, 0.3) is 0 Å². The summed E-state index contributed by atoms with van der Waals surface area (Å²) in [6.45, 7) is 3.43. The first-order chi connectivity index (χ1) is 5.14. The lowest BCUT2D eigenvalue weighted by atomic mass is 10.3. The molecular weight excluding hydrogens is 172 g/mol. The van der Waals surface area contributed by atoms with E-state index in [0.29, 0.717) is 6.42 Å². The van der Waals surface area contributed by atoms with Crippen molar-refractivity contribution in [2.75, 3.05) is 6.61 Å². The Morgan fingerprint density at radius 2 is 2.36 bits per heavy atom. The van der Waals surface area contributed by atoms with Crippen LogP contribution in [0, 0.1) is 0 Å². The zero-order chi connectivity index (χ0) is 8.32. The van der Waals surface area contributed by atoms with Gasteiger partial charge in [0.1, 0.15) is 6.10 Å². The molecule has 0 saturated carbocycles. The van der Waals surface area contributed by atoms with Crippen LogP contribution in [0.2, 0.25) is 0 Å². The molecule has 0 aromatic carbocycles. The standard InChI is InChI=1S/C5H8O5S/c1-2-3-5-4-8-11(6,7)10-9-5/h2,5H,1,3-4H2. The lowest BCUT2D eigenvalue weighted by molar-refractivity contribution is -0.272. The molecule has 64 valence electrons. The normalized spacial score (nSPS) is 29.6. The van der Waals surface area contributed by atoms with Crippen LogP contribution in [0.1, 0.15) is 6.42 Å². The van der Waals surface area contributed by atoms with E-state index >= 15 is 0 Å². The molecule has 1 aliphatic rings. The van der Waals surface area contributed by atoms with E-state index in [4.69, 9.17) is 0 Å². The third-order valence-corrected chi connectivity index (χ3v) is 1.76. The number of hydrogen-bond donors (Lipinski definition) is 0. The lowest BCUT2D eigenvalue weighted by Crippen LogP contribution is -2.30. The molecule has 0 aliphatic carbocycles. The van der Waals surface area contributed by atoms with Gasteiger partial charge in [0.05, 0.1) is 6.61 Å². The van der Waals surface area contributed by atoms with Crippen LogP contribution >= 0.6 is 0 Å². The summed E-state index contributed by atoms with van der Waals surface area (Å²) >= 11 is 0. The summed E-state index contributed by atoms with van der Waals surface area (Å²) in [4.78, 5) is 4.45. The molecule has 1 unspecified atom stereocenters. The summed E-state index contributed by atoms with van der Waals surface area (Å²) in [5, 5.41) is 0. The molecule has 1 aliphatic heterocycles. The second-order valence-electron chi connectivity index (χ2n) is 2.00. The summed E-state index contributed by atoms with van der Waals surface area (Å²) in [6.07, 6.45) is 1.71. The minimum atomic E-state index is -3.89. The van der Waals surface area contributed by atoms with Crippen molar-refractivity contribution in [1.82, 2.24) is 0 Å².